The molecule has 0 atom stereocenters. The lowest BCUT2D eigenvalue weighted by molar-refractivity contribution is -0.120. The summed E-state index contributed by atoms with van der Waals surface area (Å²) in [7, 11) is 0. The fourth-order valence-electron chi connectivity index (χ4n) is 2.04. The molecule has 0 aromatic carbocycles. The predicted molar refractivity (Wildman–Crippen MR) is 70.1 cm³/mol. The Kier molecular flexibility index (Phi) is 7.17. The molecule has 104 valence electrons. The van der Waals surface area contributed by atoms with E-state index in [2.05, 4.69) is 16.0 Å². The highest BCUT2D eigenvalue weighted by molar-refractivity contribution is 5.83. The van der Waals surface area contributed by atoms with Gasteiger partial charge in [0.15, 0.2) is 0 Å². The van der Waals surface area contributed by atoms with Crippen LogP contribution < -0.4 is 21.7 Å². The van der Waals surface area contributed by atoms with Crippen LogP contribution in [0.2, 0.25) is 0 Å². The number of nitrogens with one attached hydrogen (secondary N) is 3. The fourth-order valence-corrected chi connectivity index (χ4v) is 2.04. The van der Waals surface area contributed by atoms with Crippen molar-refractivity contribution in [2.24, 2.45) is 5.73 Å². The van der Waals surface area contributed by atoms with Gasteiger partial charge in [-0.15, -0.1) is 0 Å². The summed E-state index contributed by atoms with van der Waals surface area (Å²) in [6, 6.07) is 0.00919. The normalized spacial score (nSPS) is 16.1. The van der Waals surface area contributed by atoms with E-state index in [1.807, 2.05) is 0 Å². The van der Waals surface area contributed by atoms with Gasteiger partial charge in [-0.2, -0.15) is 0 Å². The Hall–Kier alpha value is -1.30. The van der Waals surface area contributed by atoms with Crippen LogP contribution in [0.1, 0.15) is 38.5 Å². The molecular weight excluding hydrogens is 232 g/mol. The molecule has 0 heterocycles. The largest absolute Gasteiger partial charge is 0.355 e. The highest BCUT2D eigenvalue weighted by Gasteiger charge is 2.15. The van der Waals surface area contributed by atoms with Crippen LogP contribution in [-0.2, 0) is 4.79 Å². The molecule has 18 heavy (non-hydrogen) atoms. The van der Waals surface area contributed by atoms with Gasteiger partial charge in [-0.05, 0) is 25.8 Å². The third-order valence-electron chi connectivity index (χ3n) is 3.05. The minimum Gasteiger partial charge on any atom is -0.355 e. The average Bonchev–Trinajstić information content (AvgIpc) is 2.38. The van der Waals surface area contributed by atoms with Crippen molar-refractivity contribution in [3.8, 4) is 0 Å². The first-order valence-electron chi connectivity index (χ1n) is 6.73. The van der Waals surface area contributed by atoms with Gasteiger partial charge in [-0.25, -0.2) is 4.79 Å². The molecule has 5 N–H and O–H groups in total. The number of rotatable bonds is 6. The van der Waals surface area contributed by atoms with Gasteiger partial charge in [0.25, 0.3) is 0 Å². The van der Waals surface area contributed by atoms with E-state index in [0.717, 1.165) is 19.3 Å². The number of amides is 3. The first-order valence-corrected chi connectivity index (χ1v) is 6.73. The van der Waals surface area contributed by atoms with Crippen molar-refractivity contribution in [1.29, 1.82) is 0 Å². The van der Waals surface area contributed by atoms with Gasteiger partial charge >= 0.3 is 6.03 Å². The van der Waals surface area contributed by atoms with Crippen LogP contribution in [0.5, 0.6) is 0 Å². The summed E-state index contributed by atoms with van der Waals surface area (Å²) in [5.74, 6) is -0.178. The summed E-state index contributed by atoms with van der Waals surface area (Å²) in [6.45, 7) is 1.13. The molecular formula is C12H24N4O2. The van der Waals surface area contributed by atoms with Crippen LogP contribution in [0.15, 0.2) is 0 Å². The Morgan fingerprint density at radius 2 is 1.83 bits per heavy atom. The van der Waals surface area contributed by atoms with Crippen molar-refractivity contribution < 1.29 is 9.59 Å². The second kappa shape index (κ2) is 8.74. The number of hydrogen-bond acceptors (Lipinski definition) is 3. The fraction of sp³-hybridized carbons (Fsp3) is 0.833. The molecule has 3 amide bonds. The van der Waals surface area contributed by atoms with Crippen LogP contribution in [0.4, 0.5) is 4.79 Å². The third kappa shape index (κ3) is 6.44. The highest BCUT2D eigenvalue weighted by atomic mass is 16.2. The predicted octanol–water partition coefficient (Wildman–Crippen LogP) is 0.0833. The van der Waals surface area contributed by atoms with E-state index in [9.17, 15) is 9.59 Å². The van der Waals surface area contributed by atoms with Crippen molar-refractivity contribution in [1.82, 2.24) is 16.0 Å². The van der Waals surface area contributed by atoms with E-state index < -0.39 is 0 Å². The summed E-state index contributed by atoms with van der Waals surface area (Å²) >= 11 is 0. The van der Waals surface area contributed by atoms with E-state index in [0.29, 0.717) is 13.1 Å². The van der Waals surface area contributed by atoms with E-state index in [4.69, 9.17) is 5.73 Å². The maximum atomic E-state index is 11.5. The lowest BCUT2D eigenvalue weighted by atomic mass is 9.96. The van der Waals surface area contributed by atoms with Crippen LogP contribution in [0, 0.1) is 0 Å². The van der Waals surface area contributed by atoms with Crippen molar-refractivity contribution in [3.05, 3.63) is 0 Å². The molecule has 1 aliphatic rings. The molecule has 1 aliphatic carbocycles. The van der Waals surface area contributed by atoms with Crippen molar-refractivity contribution >= 4 is 11.9 Å². The minimum atomic E-state index is -0.254. The second-order valence-electron chi connectivity index (χ2n) is 4.65. The standard InChI is InChI=1S/C12H24N4O2/c13-7-4-8-14-11(17)9-15-12(18)16-10-5-2-1-3-6-10/h10H,1-9,13H2,(H,14,17)(H2,15,16,18). The summed E-state index contributed by atoms with van der Waals surface area (Å²) < 4.78 is 0. The summed E-state index contributed by atoms with van der Waals surface area (Å²) in [4.78, 5) is 22.8. The molecule has 0 unspecified atom stereocenters. The zero-order valence-electron chi connectivity index (χ0n) is 10.8. The zero-order chi connectivity index (χ0) is 13.2. The zero-order valence-corrected chi connectivity index (χ0v) is 10.8. The Morgan fingerprint density at radius 1 is 1.11 bits per heavy atom. The highest BCUT2D eigenvalue weighted by Crippen LogP contribution is 2.16. The summed E-state index contributed by atoms with van der Waals surface area (Å²) in [5, 5.41) is 8.14. The van der Waals surface area contributed by atoms with E-state index in [-0.39, 0.29) is 24.5 Å². The molecule has 1 rings (SSSR count). The first kappa shape index (κ1) is 14.8. The maximum absolute atomic E-state index is 11.5. The van der Waals surface area contributed by atoms with Gasteiger partial charge < -0.3 is 21.7 Å². The van der Waals surface area contributed by atoms with E-state index >= 15 is 0 Å². The minimum absolute atomic E-state index is 0.0170. The molecule has 0 saturated heterocycles. The molecule has 0 aromatic heterocycles. The monoisotopic (exact) mass is 256 g/mol. The van der Waals surface area contributed by atoms with Gasteiger partial charge in [0.05, 0.1) is 6.54 Å². The van der Waals surface area contributed by atoms with Crippen molar-refractivity contribution in [3.63, 3.8) is 0 Å². The Labute approximate surface area is 108 Å². The summed E-state index contributed by atoms with van der Waals surface area (Å²) in [5.41, 5.74) is 5.31. The van der Waals surface area contributed by atoms with Crippen LogP contribution >= 0.6 is 0 Å². The second-order valence-corrected chi connectivity index (χ2v) is 4.65. The molecule has 1 saturated carbocycles. The van der Waals surface area contributed by atoms with Gasteiger partial charge in [-0.3, -0.25) is 4.79 Å². The van der Waals surface area contributed by atoms with Crippen LogP contribution in [-0.4, -0.2) is 37.6 Å². The lowest BCUT2D eigenvalue weighted by Gasteiger charge is -2.22. The third-order valence-corrected chi connectivity index (χ3v) is 3.05. The number of hydrogen-bond donors (Lipinski definition) is 4. The average molecular weight is 256 g/mol. The molecule has 0 spiro atoms. The quantitative estimate of drug-likeness (QED) is 0.507. The van der Waals surface area contributed by atoms with Crippen LogP contribution in [0.25, 0.3) is 0 Å². The van der Waals surface area contributed by atoms with Gasteiger partial charge in [-0.1, -0.05) is 19.3 Å². The Bertz CT molecular complexity index is 265. The van der Waals surface area contributed by atoms with E-state index in [1.54, 1.807) is 0 Å². The van der Waals surface area contributed by atoms with Gasteiger partial charge in [0, 0.05) is 12.6 Å². The molecule has 0 aliphatic heterocycles. The van der Waals surface area contributed by atoms with Crippen LogP contribution in [0.3, 0.4) is 0 Å². The van der Waals surface area contributed by atoms with Crippen molar-refractivity contribution in [2.75, 3.05) is 19.6 Å². The topological polar surface area (TPSA) is 96.2 Å². The Balaban J connectivity index is 2.06. The SMILES string of the molecule is NCCCNC(=O)CNC(=O)NC1CCCCC1. The molecule has 0 bridgehead atoms. The Morgan fingerprint density at radius 3 is 2.50 bits per heavy atom. The number of urea groups is 1. The maximum Gasteiger partial charge on any atom is 0.315 e. The summed E-state index contributed by atoms with van der Waals surface area (Å²) in [6.07, 6.45) is 6.42. The van der Waals surface area contributed by atoms with Gasteiger partial charge in [0.2, 0.25) is 5.91 Å². The molecule has 6 heteroatoms. The molecule has 6 nitrogen and oxygen atoms in total. The first-order chi connectivity index (χ1) is 8.72. The number of carbonyl (C=O) groups is 2. The van der Waals surface area contributed by atoms with Crippen molar-refractivity contribution in [2.45, 2.75) is 44.6 Å². The van der Waals surface area contributed by atoms with Gasteiger partial charge in [0.1, 0.15) is 0 Å². The number of nitrogens with two attached hydrogens (primary N) is 1. The van der Waals surface area contributed by atoms with E-state index in [1.165, 1.54) is 19.3 Å². The lowest BCUT2D eigenvalue weighted by Crippen LogP contribution is -2.46. The smallest absolute Gasteiger partial charge is 0.315 e. The number of carbonyl (C=O) groups excluding carboxylic acids is 2. The molecule has 1 fully saturated rings. The molecule has 0 radical (unpaired) electrons. The molecule has 0 aromatic rings.